The molecule has 0 aromatic heterocycles. The van der Waals surface area contributed by atoms with Crippen molar-refractivity contribution in [2.45, 2.75) is 32.1 Å². The fourth-order valence-electron chi connectivity index (χ4n) is 2.28. The third-order valence-corrected chi connectivity index (χ3v) is 3.49. The van der Waals surface area contributed by atoms with E-state index in [0.717, 1.165) is 12.8 Å². The molecule has 108 valence electrons. The summed E-state index contributed by atoms with van der Waals surface area (Å²) < 4.78 is 0. The molecule has 0 N–H and O–H groups in total. The van der Waals surface area contributed by atoms with Gasteiger partial charge in [-0.15, -0.1) is 0 Å². The summed E-state index contributed by atoms with van der Waals surface area (Å²) in [5, 5.41) is 0. The molecule has 0 heterocycles. The molecule has 0 aliphatic rings. The van der Waals surface area contributed by atoms with Crippen molar-refractivity contribution in [1.29, 1.82) is 0 Å². The van der Waals surface area contributed by atoms with Crippen LogP contribution in [0.3, 0.4) is 0 Å². The van der Waals surface area contributed by atoms with E-state index in [2.05, 4.69) is 12.1 Å². The number of aryl methyl sites for hydroxylation is 1. The minimum Gasteiger partial charge on any atom is -0.300 e. The van der Waals surface area contributed by atoms with Crippen LogP contribution < -0.4 is 0 Å². The van der Waals surface area contributed by atoms with E-state index in [1.54, 1.807) is 12.1 Å². The number of carbonyl (C=O) groups excluding carboxylic acids is 2. The second-order valence-electron chi connectivity index (χ2n) is 5.17. The van der Waals surface area contributed by atoms with Crippen LogP contribution in [-0.2, 0) is 11.2 Å². The number of carbonyl (C=O) groups is 2. The second kappa shape index (κ2) is 8.15. The van der Waals surface area contributed by atoms with Crippen molar-refractivity contribution in [1.82, 2.24) is 0 Å². The standard InChI is InChI=1S/C19H20O2/c20-18(13-7-10-16-8-3-1-4-9-16)14-15-19(21)17-11-5-2-6-12-17/h1-6,8-9,11-12H,7,10,13-15H2. The van der Waals surface area contributed by atoms with E-state index >= 15 is 0 Å². The zero-order valence-corrected chi connectivity index (χ0v) is 12.1. The molecule has 0 saturated heterocycles. The molecule has 2 heteroatoms. The van der Waals surface area contributed by atoms with Gasteiger partial charge in [-0.2, -0.15) is 0 Å². The smallest absolute Gasteiger partial charge is 0.163 e. The predicted octanol–water partition coefficient (Wildman–Crippen LogP) is 4.24. The molecule has 0 atom stereocenters. The normalized spacial score (nSPS) is 10.3. The lowest BCUT2D eigenvalue weighted by atomic mass is 10.0. The highest BCUT2D eigenvalue weighted by molar-refractivity contribution is 5.98. The van der Waals surface area contributed by atoms with Gasteiger partial charge in [-0.3, -0.25) is 9.59 Å². The summed E-state index contributed by atoms with van der Waals surface area (Å²) in [7, 11) is 0. The van der Waals surface area contributed by atoms with Crippen LogP contribution >= 0.6 is 0 Å². The lowest BCUT2D eigenvalue weighted by Gasteiger charge is -2.02. The van der Waals surface area contributed by atoms with Crippen molar-refractivity contribution >= 4 is 11.6 Å². The van der Waals surface area contributed by atoms with Crippen LogP contribution in [0, 0.1) is 0 Å². The molecule has 0 fully saturated rings. The van der Waals surface area contributed by atoms with Crippen molar-refractivity contribution in [2.24, 2.45) is 0 Å². The summed E-state index contributed by atoms with van der Waals surface area (Å²) in [6.07, 6.45) is 2.98. The Morgan fingerprint density at radius 1 is 0.714 bits per heavy atom. The molecule has 0 bridgehead atoms. The van der Waals surface area contributed by atoms with Gasteiger partial charge in [-0.1, -0.05) is 60.7 Å². The summed E-state index contributed by atoms with van der Waals surface area (Å²) in [6.45, 7) is 0. The maximum absolute atomic E-state index is 11.9. The quantitative estimate of drug-likeness (QED) is 0.678. The van der Waals surface area contributed by atoms with E-state index in [1.165, 1.54) is 5.56 Å². The van der Waals surface area contributed by atoms with Crippen LogP contribution in [0.5, 0.6) is 0 Å². The first-order chi connectivity index (χ1) is 10.3. The molecule has 0 unspecified atom stereocenters. The van der Waals surface area contributed by atoms with Gasteiger partial charge in [0.2, 0.25) is 0 Å². The molecule has 0 amide bonds. The van der Waals surface area contributed by atoms with Gasteiger partial charge in [0.05, 0.1) is 0 Å². The fourth-order valence-corrected chi connectivity index (χ4v) is 2.28. The third kappa shape index (κ3) is 5.35. The largest absolute Gasteiger partial charge is 0.300 e. The van der Waals surface area contributed by atoms with Gasteiger partial charge in [0.1, 0.15) is 5.78 Å². The van der Waals surface area contributed by atoms with E-state index < -0.39 is 0 Å². The first kappa shape index (κ1) is 15.2. The maximum atomic E-state index is 11.9. The average molecular weight is 280 g/mol. The van der Waals surface area contributed by atoms with E-state index in [0.29, 0.717) is 24.8 Å². The molecule has 2 rings (SSSR count). The Hall–Kier alpha value is -2.22. The number of ketones is 2. The van der Waals surface area contributed by atoms with Gasteiger partial charge in [0.15, 0.2) is 5.78 Å². The Bertz CT molecular complexity index is 573. The Morgan fingerprint density at radius 2 is 1.33 bits per heavy atom. The first-order valence-corrected chi connectivity index (χ1v) is 7.39. The SMILES string of the molecule is O=C(CCCc1ccccc1)CCC(=O)c1ccccc1. The number of hydrogen-bond donors (Lipinski definition) is 0. The molecule has 21 heavy (non-hydrogen) atoms. The number of Topliss-reactive ketones (excluding diaryl/α,β-unsaturated/α-hetero) is 2. The van der Waals surface area contributed by atoms with Gasteiger partial charge in [-0.05, 0) is 18.4 Å². The second-order valence-corrected chi connectivity index (χ2v) is 5.17. The molecule has 0 saturated carbocycles. The molecule has 0 aliphatic heterocycles. The summed E-state index contributed by atoms with van der Waals surface area (Å²) in [5.41, 5.74) is 1.94. The lowest BCUT2D eigenvalue weighted by molar-refractivity contribution is -0.119. The van der Waals surface area contributed by atoms with Gasteiger partial charge in [0, 0.05) is 24.8 Å². The van der Waals surface area contributed by atoms with E-state index in [1.807, 2.05) is 36.4 Å². The Balaban J connectivity index is 1.67. The minimum absolute atomic E-state index is 0.0482. The highest BCUT2D eigenvalue weighted by atomic mass is 16.1. The zero-order chi connectivity index (χ0) is 14.9. The van der Waals surface area contributed by atoms with E-state index in [9.17, 15) is 9.59 Å². The summed E-state index contributed by atoms with van der Waals surface area (Å²) in [4.78, 5) is 23.7. The van der Waals surface area contributed by atoms with Crippen LogP contribution in [0.15, 0.2) is 60.7 Å². The summed E-state index contributed by atoms with van der Waals surface area (Å²) in [5.74, 6) is 0.224. The zero-order valence-electron chi connectivity index (χ0n) is 12.1. The van der Waals surface area contributed by atoms with E-state index in [-0.39, 0.29) is 11.6 Å². The Kier molecular flexibility index (Phi) is 5.89. The molecule has 2 aromatic carbocycles. The summed E-state index contributed by atoms with van der Waals surface area (Å²) in [6, 6.07) is 19.3. The van der Waals surface area contributed by atoms with Gasteiger partial charge < -0.3 is 0 Å². The van der Waals surface area contributed by atoms with Crippen molar-refractivity contribution in [3.63, 3.8) is 0 Å². The number of benzene rings is 2. The summed E-state index contributed by atoms with van der Waals surface area (Å²) >= 11 is 0. The maximum Gasteiger partial charge on any atom is 0.163 e. The molecular formula is C19H20O2. The van der Waals surface area contributed by atoms with Crippen molar-refractivity contribution in [3.05, 3.63) is 71.8 Å². The monoisotopic (exact) mass is 280 g/mol. The predicted molar refractivity (Wildman–Crippen MR) is 84.4 cm³/mol. The van der Waals surface area contributed by atoms with Crippen molar-refractivity contribution in [2.75, 3.05) is 0 Å². The average Bonchev–Trinajstić information content (AvgIpc) is 2.54. The van der Waals surface area contributed by atoms with Crippen LogP contribution in [0.25, 0.3) is 0 Å². The highest BCUT2D eigenvalue weighted by Crippen LogP contribution is 2.09. The molecule has 2 nitrogen and oxygen atoms in total. The molecule has 0 radical (unpaired) electrons. The van der Waals surface area contributed by atoms with Gasteiger partial charge in [-0.25, -0.2) is 0 Å². The Labute approximate surface area is 125 Å². The topological polar surface area (TPSA) is 34.1 Å². The highest BCUT2D eigenvalue weighted by Gasteiger charge is 2.08. The lowest BCUT2D eigenvalue weighted by Crippen LogP contribution is -2.05. The minimum atomic E-state index is 0.0482. The molecule has 0 spiro atoms. The molecular weight excluding hydrogens is 260 g/mol. The first-order valence-electron chi connectivity index (χ1n) is 7.39. The fraction of sp³-hybridized carbons (Fsp3) is 0.263. The van der Waals surface area contributed by atoms with Gasteiger partial charge in [0.25, 0.3) is 0 Å². The van der Waals surface area contributed by atoms with Crippen LogP contribution in [0.1, 0.15) is 41.6 Å². The molecule has 2 aromatic rings. The van der Waals surface area contributed by atoms with Crippen LogP contribution in [-0.4, -0.2) is 11.6 Å². The number of hydrogen-bond acceptors (Lipinski definition) is 2. The molecule has 0 aliphatic carbocycles. The van der Waals surface area contributed by atoms with Crippen molar-refractivity contribution in [3.8, 4) is 0 Å². The van der Waals surface area contributed by atoms with Crippen LogP contribution in [0.2, 0.25) is 0 Å². The third-order valence-electron chi connectivity index (χ3n) is 3.49. The Morgan fingerprint density at radius 3 is 2.00 bits per heavy atom. The van der Waals surface area contributed by atoms with Gasteiger partial charge >= 0.3 is 0 Å². The van der Waals surface area contributed by atoms with Crippen LogP contribution in [0.4, 0.5) is 0 Å². The van der Waals surface area contributed by atoms with E-state index in [4.69, 9.17) is 0 Å². The van der Waals surface area contributed by atoms with Crippen molar-refractivity contribution < 1.29 is 9.59 Å². The number of rotatable bonds is 8.